The van der Waals surface area contributed by atoms with Gasteiger partial charge >= 0.3 is 5.97 Å². The molecule has 0 saturated carbocycles. The van der Waals surface area contributed by atoms with E-state index in [1.54, 1.807) is 6.07 Å². The number of carbonyl (C=O) groups is 1. The topological polar surface area (TPSA) is 71.5 Å². The zero-order valence-electron chi connectivity index (χ0n) is 10.4. The highest BCUT2D eigenvalue weighted by molar-refractivity contribution is 5.86. The summed E-state index contributed by atoms with van der Waals surface area (Å²) >= 11 is 0. The zero-order valence-corrected chi connectivity index (χ0v) is 10.4. The first-order chi connectivity index (χ1) is 7.94. The van der Waals surface area contributed by atoms with Crippen LogP contribution in [0.3, 0.4) is 0 Å². The number of nitrogens with one attached hydrogen (secondary N) is 1. The van der Waals surface area contributed by atoms with Gasteiger partial charge in [-0.05, 0) is 32.9 Å². The minimum atomic E-state index is -1.03. The molecule has 1 rings (SSSR count). The molecule has 0 aromatic carbocycles. The van der Waals surface area contributed by atoms with E-state index in [-0.39, 0.29) is 11.3 Å². The van der Waals surface area contributed by atoms with Crippen molar-refractivity contribution in [2.24, 2.45) is 0 Å². The average Bonchev–Trinajstić information content (AvgIpc) is 2.27. The lowest BCUT2D eigenvalue weighted by atomic mass is 10.1. The van der Waals surface area contributed by atoms with Crippen molar-refractivity contribution in [3.63, 3.8) is 0 Å². The second kappa shape index (κ2) is 5.63. The number of anilines is 1. The summed E-state index contributed by atoms with van der Waals surface area (Å²) in [6, 6.07) is 3.23. The molecule has 1 heterocycles. The number of hydrogen-bond acceptors (Lipinski definition) is 4. The second-order valence-corrected chi connectivity index (χ2v) is 4.28. The van der Waals surface area contributed by atoms with Crippen molar-refractivity contribution in [3.8, 4) is 0 Å². The van der Waals surface area contributed by atoms with Crippen LogP contribution in [0.1, 0.15) is 31.3 Å². The van der Waals surface area contributed by atoms with Crippen molar-refractivity contribution >= 4 is 11.7 Å². The van der Waals surface area contributed by atoms with E-state index in [1.165, 1.54) is 12.3 Å². The lowest BCUT2D eigenvalue weighted by molar-refractivity contribution is 0.000696. The Morgan fingerprint density at radius 3 is 2.88 bits per heavy atom. The van der Waals surface area contributed by atoms with E-state index >= 15 is 0 Å². The summed E-state index contributed by atoms with van der Waals surface area (Å²) in [4.78, 5) is 14.5. The van der Waals surface area contributed by atoms with E-state index < -0.39 is 5.97 Å². The molecule has 94 valence electrons. The summed E-state index contributed by atoms with van der Waals surface area (Å²) < 4.78 is 5.53. The third kappa shape index (κ3) is 4.40. The molecule has 5 heteroatoms. The number of hydrogen-bond donors (Lipinski definition) is 2. The Kier molecular flexibility index (Phi) is 4.45. The SMILES string of the molecule is CCOC(C)(C)CNc1ccnc(C(=O)O)c1. The van der Waals surface area contributed by atoms with Gasteiger partial charge in [0, 0.05) is 25.0 Å². The fraction of sp³-hybridized carbons (Fsp3) is 0.500. The van der Waals surface area contributed by atoms with Gasteiger partial charge in [-0.2, -0.15) is 0 Å². The molecule has 0 bridgehead atoms. The molecule has 2 N–H and O–H groups in total. The molecule has 0 amide bonds. The van der Waals surface area contributed by atoms with Gasteiger partial charge in [-0.1, -0.05) is 0 Å². The third-order valence-electron chi connectivity index (χ3n) is 2.23. The maximum absolute atomic E-state index is 10.7. The Morgan fingerprint density at radius 1 is 1.59 bits per heavy atom. The van der Waals surface area contributed by atoms with Gasteiger partial charge in [0.25, 0.3) is 0 Å². The zero-order chi connectivity index (χ0) is 12.9. The summed E-state index contributed by atoms with van der Waals surface area (Å²) in [5.41, 5.74) is 0.468. The van der Waals surface area contributed by atoms with Gasteiger partial charge < -0.3 is 15.2 Å². The minimum Gasteiger partial charge on any atom is -0.477 e. The molecule has 0 saturated heterocycles. The summed E-state index contributed by atoms with van der Waals surface area (Å²) in [6.45, 7) is 7.14. The number of aromatic carboxylic acids is 1. The number of carboxylic acids is 1. The summed E-state index contributed by atoms with van der Waals surface area (Å²) in [6.07, 6.45) is 1.47. The van der Waals surface area contributed by atoms with E-state index in [4.69, 9.17) is 9.84 Å². The second-order valence-electron chi connectivity index (χ2n) is 4.28. The predicted molar refractivity (Wildman–Crippen MR) is 65.4 cm³/mol. The largest absolute Gasteiger partial charge is 0.477 e. The normalized spacial score (nSPS) is 11.2. The molecule has 0 radical (unpaired) electrons. The van der Waals surface area contributed by atoms with Crippen LogP contribution < -0.4 is 5.32 Å². The Hall–Kier alpha value is -1.62. The molecule has 0 aliphatic rings. The first-order valence-corrected chi connectivity index (χ1v) is 5.52. The van der Waals surface area contributed by atoms with Crippen LogP contribution in [-0.4, -0.2) is 34.8 Å². The molecule has 17 heavy (non-hydrogen) atoms. The van der Waals surface area contributed by atoms with Crippen molar-refractivity contribution in [1.29, 1.82) is 0 Å². The van der Waals surface area contributed by atoms with Crippen molar-refractivity contribution in [2.45, 2.75) is 26.4 Å². The highest BCUT2D eigenvalue weighted by atomic mass is 16.5. The van der Waals surface area contributed by atoms with Crippen molar-refractivity contribution in [2.75, 3.05) is 18.5 Å². The number of pyridine rings is 1. The molecule has 1 aromatic heterocycles. The van der Waals surface area contributed by atoms with E-state index in [1.807, 2.05) is 20.8 Å². The number of carboxylic acid groups (broad SMARTS) is 1. The van der Waals surface area contributed by atoms with Gasteiger partial charge in [-0.15, -0.1) is 0 Å². The summed E-state index contributed by atoms with van der Waals surface area (Å²) in [7, 11) is 0. The van der Waals surface area contributed by atoms with Crippen LogP contribution >= 0.6 is 0 Å². The van der Waals surface area contributed by atoms with Crippen molar-refractivity contribution in [3.05, 3.63) is 24.0 Å². The Balaban J connectivity index is 2.63. The van der Waals surface area contributed by atoms with Crippen LogP contribution in [0.5, 0.6) is 0 Å². The Bertz CT molecular complexity index is 391. The van der Waals surface area contributed by atoms with Crippen LogP contribution in [-0.2, 0) is 4.74 Å². The monoisotopic (exact) mass is 238 g/mol. The van der Waals surface area contributed by atoms with Gasteiger partial charge in [0.15, 0.2) is 0 Å². The van der Waals surface area contributed by atoms with E-state index in [0.717, 1.165) is 5.69 Å². The first kappa shape index (κ1) is 13.4. The van der Waals surface area contributed by atoms with Crippen molar-refractivity contribution in [1.82, 2.24) is 4.98 Å². The van der Waals surface area contributed by atoms with Crippen LogP contribution in [0.25, 0.3) is 0 Å². The third-order valence-corrected chi connectivity index (χ3v) is 2.23. The number of ether oxygens (including phenoxy) is 1. The molecule has 0 spiro atoms. The van der Waals surface area contributed by atoms with Crippen LogP contribution in [0.4, 0.5) is 5.69 Å². The van der Waals surface area contributed by atoms with Gasteiger partial charge in [-0.25, -0.2) is 9.78 Å². The number of nitrogens with zero attached hydrogens (tertiary/aromatic N) is 1. The van der Waals surface area contributed by atoms with E-state index in [0.29, 0.717) is 13.2 Å². The maximum Gasteiger partial charge on any atom is 0.354 e. The molecule has 0 atom stereocenters. The number of aromatic nitrogens is 1. The lowest BCUT2D eigenvalue weighted by Gasteiger charge is -2.25. The first-order valence-electron chi connectivity index (χ1n) is 5.52. The molecular formula is C12H18N2O3. The Labute approximate surface area is 101 Å². The van der Waals surface area contributed by atoms with Crippen LogP contribution in [0, 0.1) is 0 Å². The molecule has 1 aromatic rings. The minimum absolute atomic E-state index is 0.0317. The number of rotatable bonds is 6. The van der Waals surface area contributed by atoms with Gasteiger partial charge in [0.1, 0.15) is 5.69 Å². The van der Waals surface area contributed by atoms with E-state index in [9.17, 15) is 4.79 Å². The lowest BCUT2D eigenvalue weighted by Crippen LogP contribution is -2.33. The standard InChI is InChI=1S/C12H18N2O3/c1-4-17-12(2,3)8-14-9-5-6-13-10(7-9)11(15)16/h5-7H,4,8H2,1-3H3,(H,13,14)(H,15,16). The molecular weight excluding hydrogens is 220 g/mol. The average molecular weight is 238 g/mol. The fourth-order valence-corrected chi connectivity index (χ4v) is 1.41. The maximum atomic E-state index is 10.7. The van der Waals surface area contributed by atoms with Crippen LogP contribution in [0.15, 0.2) is 18.3 Å². The highest BCUT2D eigenvalue weighted by Crippen LogP contribution is 2.13. The molecule has 0 fully saturated rings. The molecule has 5 nitrogen and oxygen atoms in total. The fourth-order valence-electron chi connectivity index (χ4n) is 1.41. The Morgan fingerprint density at radius 2 is 2.29 bits per heavy atom. The van der Waals surface area contributed by atoms with E-state index in [2.05, 4.69) is 10.3 Å². The molecule has 0 unspecified atom stereocenters. The molecule has 0 aliphatic carbocycles. The van der Waals surface area contributed by atoms with Crippen molar-refractivity contribution < 1.29 is 14.6 Å². The van der Waals surface area contributed by atoms with Gasteiger partial charge in [-0.3, -0.25) is 0 Å². The highest BCUT2D eigenvalue weighted by Gasteiger charge is 2.17. The smallest absolute Gasteiger partial charge is 0.354 e. The quantitative estimate of drug-likeness (QED) is 0.793. The summed E-state index contributed by atoms with van der Waals surface area (Å²) in [5.74, 6) is -1.03. The van der Waals surface area contributed by atoms with Crippen LogP contribution in [0.2, 0.25) is 0 Å². The van der Waals surface area contributed by atoms with Gasteiger partial charge in [0.2, 0.25) is 0 Å². The molecule has 0 aliphatic heterocycles. The summed E-state index contributed by atoms with van der Waals surface area (Å²) in [5, 5.41) is 11.9. The predicted octanol–water partition coefficient (Wildman–Crippen LogP) is 2.01. The van der Waals surface area contributed by atoms with Gasteiger partial charge in [0.05, 0.1) is 5.60 Å².